The smallest absolute Gasteiger partial charge is 0.159 e. The predicted molar refractivity (Wildman–Crippen MR) is 124 cm³/mol. The van der Waals surface area contributed by atoms with Gasteiger partial charge >= 0.3 is 0 Å². The molecule has 0 amide bonds. The molecule has 0 atom stereocenters. The number of halogens is 4. The summed E-state index contributed by atoms with van der Waals surface area (Å²) in [5, 5.41) is 0.952. The minimum atomic E-state index is -0.969. The van der Waals surface area contributed by atoms with Gasteiger partial charge in [0.1, 0.15) is 17.5 Å². The zero-order chi connectivity index (χ0) is 24.1. The molecule has 0 aliphatic carbocycles. The van der Waals surface area contributed by atoms with Gasteiger partial charge in [-0.2, -0.15) is 0 Å². The van der Waals surface area contributed by atoms with Gasteiger partial charge in [0.25, 0.3) is 0 Å². The molecule has 0 saturated carbocycles. The summed E-state index contributed by atoms with van der Waals surface area (Å²) in [7, 11) is 0. The van der Waals surface area contributed by atoms with Crippen LogP contribution in [0.5, 0.6) is 0 Å². The lowest BCUT2D eigenvalue weighted by molar-refractivity contribution is 0.511. The van der Waals surface area contributed by atoms with Crippen LogP contribution in [0.2, 0.25) is 0 Å². The summed E-state index contributed by atoms with van der Waals surface area (Å²) < 4.78 is 56.0. The fraction of sp³-hybridized carbons (Fsp3) is 0.214. The van der Waals surface area contributed by atoms with E-state index in [0.29, 0.717) is 40.6 Å². The van der Waals surface area contributed by atoms with Crippen molar-refractivity contribution in [2.24, 2.45) is 0 Å². The van der Waals surface area contributed by atoms with Crippen LogP contribution in [0.15, 0.2) is 54.9 Å². The zero-order valence-electron chi connectivity index (χ0n) is 18.6. The fourth-order valence-corrected chi connectivity index (χ4v) is 3.62. The Balaban J connectivity index is 1.47. The molecule has 0 aliphatic heterocycles. The van der Waals surface area contributed by atoms with E-state index in [4.69, 9.17) is 0 Å². The number of benzene rings is 3. The third-order valence-corrected chi connectivity index (χ3v) is 5.53. The molecule has 0 N–H and O–H groups in total. The van der Waals surface area contributed by atoms with Crippen molar-refractivity contribution in [1.82, 2.24) is 9.97 Å². The van der Waals surface area contributed by atoms with Gasteiger partial charge in [-0.05, 0) is 77.6 Å². The quantitative estimate of drug-likeness (QED) is 0.235. The monoisotopic (exact) mass is 462 g/mol. The molecule has 2 nitrogen and oxygen atoms in total. The Morgan fingerprint density at radius 1 is 0.676 bits per heavy atom. The SMILES string of the molecule is CCCCc1cnc(CCc2cc(F)c(C#Cc3ccc4cc(F)c(F)cc4c3)c(F)c2)nc1. The standard InChI is InChI=1S/C28H22F4N2/c1-2-3-4-20-16-33-28(34-17-20)10-7-19-12-24(29)23(25(30)13-19)9-6-18-5-8-21-14-26(31)27(32)15-22(21)11-18/h5,8,11-17H,2-4,7,10H2,1H3. The topological polar surface area (TPSA) is 25.8 Å². The summed E-state index contributed by atoms with van der Waals surface area (Å²) in [5.41, 5.74) is 1.66. The van der Waals surface area contributed by atoms with E-state index in [1.165, 1.54) is 12.1 Å². The summed E-state index contributed by atoms with van der Waals surface area (Å²) in [5.74, 6) is 2.42. The Hall–Kier alpha value is -3.72. The summed E-state index contributed by atoms with van der Waals surface area (Å²) in [6.45, 7) is 2.12. The number of hydrogen-bond acceptors (Lipinski definition) is 2. The van der Waals surface area contributed by atoms with Crippen LogP contribution in [0.1, 0.15) is 47.8 Å². The van der Waals surface area contributed by atoms with Crippen molar-refractivity contribution in [3.8, 4) is 11.8 Å². The Morgan fingerprint density at radius 3 is 2.03 bits per heavy atom. The van der Waals surface area contributed by atoms with Gasteiger partial charge in [0, 0.05) is 24.4 Å². The highest BCUT2D eigenvalue weighted by atomic mass is 19.2. The van der Waals surface area contributed by atoms with E-state index >= 15 is 0 Å². The van der Waals surface area contributed by atoms with Crippen molar-refractivity contribution in [3.63, 3.8) is 0 Å². The van der Waals surface area contributed by atoms with Gasteiger partial charge in [0.05, 0.1) is 5.56 Å². The van der Waals surface area contributed by atoms with Crippen LogP contribution in [0, 0.1) is 35.1 Å². The van der Waals surface area contributed by atoms with Crippen molar-refractivity contribution in [2.75, 3.05) is 0 Å². The van der Waals surface area contributed by atoms with Crippen molar-refractivity contribution in [1.29, 1.82) is 0 Å². The Bertz CT molecular complexity index is 1360. The number of nitrogens with zero attached hydrogens (tertiary/aromatic N) is 2. The molecular formula is C28H22F4N2. The van der Waals surface area contributed by atoms with E-state index in [1.54, 1.807) is 30.6 Å². The van der Waals surface area contributed by atoms with Crippen molar-refractivity contribution >= 4 is 10.8 Å². The average molecular weight is 462 g/mol. The summed E-state index contributed by atoms with van der Waals surface area (Å²) in [6, 6.07) is 9.39. The van der Waals surface area contributed by atoms with Gasteiger partial charge in [0.15, 0.2) is 11.6 Å². The van der Waals surface area contributed by atoms with Crippen LogP contribution in [-0.2, 0) is 19.3 Å². The molecule has 34 heavy (non-hydrogen) atoms. The van der Waals surface area contributed by atoms with E-state index in [-0.39, 0.29) is 5.56 Å². The molecule has 6 heteroatoms. The lowest BCUT2D eigenvalue weighted by Crippen LogP contribution is -2.01. The minimum Gasteiger partial charge on any atom is -0.241 e. The first-order chi connectivity index (χ1) is 16.4. The molecular weight excluding hydrogens is 440 g/mol. The first kappa shape index (κ1) is 23.4. The lowest BCUT2D eigenvalue weighted by atomic mass is 10.0. The number of hydrogen-bond donors (Lipinski definition) is 0. The molecule has 1 aromatic heterocycles. The average Bonchev–Trinajstić information content (AvgIpc) is 2.82. The van der Waals surface area contributed by atoms with Crippen molar-refractivity contribution < 1.29 is 17.6 Å². The van der Waals surface area contributed by atoms with Crippen molar-refractivity contribution in [2.45, 2.75) is 39.0 Å². The van der Waals surface area contributed by atoms with Gasteiger partial charge < -0.3 is 0 Å². The van der Waals surface area contributed by atoms with Gasteiger partial charge in [-0.15, -0.1) is 0 Å². The number of unbranched alkanes of at least 4 members (excludes halogenated alkanes) is 1. The maximum atomic E-state index is 14.6. The number of aromatic nitrogens is 2. The van der Waals surface area contributed by atoms with E-state index in [9.17, 15) is 17.6 Å². The molecule has 172 valence electrons. The van der Waals surface area contributed by atoms with Gasteiger partial charge in [-0.25, -0.2) is 27.5 Å². The minimum absolute atomic E-state index is 0.342. The zero-order valence-corrected chi connectivity index (χ0v) is 18.6. The van der Waals surface area contributed by atoms with Crippen LogP contribution in [0.25, 0.3) is 10.8 Å². The predicted octanol–water partition coefficient (Wildman–Crippen LogP) is 6.71. The third-order valence-electron chi connectivity index (χ3n) is 5.53. The van der Waals surface area contributed by atoms with Crippen LogP contribution < -0.4 is 0 Å². The first-order valence-electron chi connectivity index (χ1n) is 11.1. The molecule has 0 radical (unpaired) electrons. The molecule has 0 unspecified atom stereocenters. The van der Waals surface area contributed by atoms with Gasteiger partial charge in [-0.1, -0.05) is 31.3 Å². The fourth-order valence-electron chi connectivity index (χ4n) is 3.62. The second-order valence-corrected chi connectivity index (χ2v) is 8.12. The van der Waals surface area contributed by atoms with Crippen molar-refractivity contribution in [3.05, 3.63) is 106 Å². The summed E-state index contributed by atoms with van der Waals surface area (Å²) in [4.78, 5) is 8.68. The van der Waals surface area contributed by atoms with E-state index in [1.807, 2.05) is 0 Å². The summed E-state index contributed by atoms with van der Waals surface area (Å²) in [6.07, 6.45) is 7.57. The second kappa shape index (κ2) is 10.5. The van der Waals surface area contributed by atoms with Crippen LogP contribution in [0.3, 0.4) is 0 Å². The van der Waals surface area contributed by atoms with E-state index in [0.717, 1.165) is 37.0 Å². The second-order valence-electron chi connectivity index (χ2n) is 8.12. The molecule has 4 rings (SSSR count). The molecule has 3 aromatic carbocycles. The molecule has 0 spiro atoms. The van der Waals surface area contributed by atoms with E-state index in [2.05, 4.69) is 28.7 Å². The number of aryl methyl sites for hydroxylation is 3. The normalized spacial score (nSPS) is 10.9. The van der Waals surface area contributed by atoms with Crippen LogP contribution in [-0.4, -0.2) is 9.97 Å². The number of rotatable bonds is 6. The summed E-state index contributed by atoms with van der Waals surface area (Å²) >= 11 is 0. The lowest BCUT2D eigenvalue weighted by Gasteiger charge is -2.05. The maximum Gasteiger partial charge on any atom is 0.159 e. The third kappa shape index (κ3) is 5.60. The molecule has 1 heterocycles. The highest BCUT2D eigenvalue weighted by molar-refractivity contribution is 5.84. The molecule has 0 bridgehead atoms. The molecule has 0 fully saturated rings. The van der Waals surface area contributed by atoms with Gasteiger partial charge in [0.2, 0.25) is 0 Å². The maximum absolute atomic E-state index is 14.6. The Morgan fingerprint density at radius 2 is 1.35 bits per heavy atom. The van der Waals surface area contributed by atoms with Crippen LogP contribution in [0.4, 0.5) is 17.6 Å². The first-order valence-corrected chi connectivity index (χ1v) is 11.1. The molecule has 0 saturated heterocycles. The highest BCUT2D eigenvalue weighted by Crippen LogP contribution is 2.20. The Labute approximate surface area is 195 Å². The molecule has 0 aliphatic rings. The van der Waals surface area contributed by atoms with Gasteiger partial charge in [-0.3, -0.25) is 0 Å². The number of fused-ring (bicyclic) bond motifs is 1. The van der Waals surface area contributed by atoms with E-state index < -0.39 is 23.3 Å². The largest absolute Gasteiger partial charge is 0.241 e. The van der Waals surface area contributed by atoms with Crippen LogP contribution >= 0.6 is 0 Å². The Kier molecular flexibility index (Phi) is 7.22. The highest BCUT2D eigenvalue weighted by Gasteiger charge is 2.10. The molecule has 4 aromatic rings.